The van der Waals surface area contributed by atoms with Gasteiger partial charge in [0.2, 0.25) is 0 Å². The molecule has 0 fully saturated rings. The van der Waals surface area contributed by atoms with Crippen molar-refractivity contribution >= 4 is 18.5 Å². The van der Waals surface area contributed by atoms with Gasteiger partial charge in [-0.2, -0.15) is 0 Å². The number of unbranched alkanes of at least 4 members (excludes halogenated alkanes) is 3. The monoisotopic (exact) mass is 279 g/mol. The standard InChI is InChI=1S/C16H25NOS/c1-4-5-6-7-8-13(3)17-16(18)15-11-14(19)10-9-12(15)2/h9-11,13,19H,4-8H2,1-3H3,(H,17,18). The van der Waals surface area contributed by atoms with Gasteiger partial charge >= 0.3 is 0 Å². The second-order valence-electron chi connectivity index (χ2n) is 5.22. The summed E-state index contributed by atoms with van der Waals surface area (Å²) in [6.07, 6.45) is 6.00. The van der Waals surface area contributed by atoms with Gasteiger partial charge in [-0.05, 0) is 38.0 Å². The first kappa shape index (κ1) is 16.1. The summed E-state index contributed by atoms with van der Waals surface area (Å²) in [6, 6.07) is 5.90. The normalized spacial score (nSPS) is 12.2. The quantitative estimate of drug-likeness (QED) is 0.563. The minimum Gasteiger partial charge on any atom is -0.350 e. The van der Waals surface area contributed by atoms with E-state index in [4.69, 9.17) is 0 Å². The molecule has 1 unspecified atom stereocenters. The van der Waals surface area contributed by atoms with Gasteiger partial charge < -0.3 is 5.32 Å². The highest BCUT2D eigenvalue weighted by Crippen LogP contribution is 2.14. The number of thiol groups is 1. The van der Waals surface area contributed by atoms with E-state index in [2.05, 4.69) is 31.8 Å². The van der Waals surface area contributed by atoms with Gasteiger partial charge in [-0.1, -0.05) is 38.7 Å². The molecule has 0 spiro atoms. The van der Waals surface area contributed by atoms with E-state index in [-0.39, 0.29) is 11.9 Å². The molecule has 1 N–H and O–H groups in total. The van der Waals surface area contributed by atoms with Crippen molar-refractivity contribution in [3.05, 3.63) is 29.3 Å². The first-order valence-corrected chi connectivity index (χ1v) is 7.59. The maximum atomic E-state index is 12.2. The van der Waals surface area contributed by atoms with Crippen molar-refractivity contribution in [2.24, 2.45) is 0 Å². The number of benzene rings is 1. The Morgan fingerprint density at radius 1 is 1.32 bits per heavy atom. The lowest BCUT2D eigenvalue weighted by Gasteiger charge is -2.15. The van der Waals surface area contributed by atoms with E-state index < -0.39 is 0 Å². The maximum absolute atomic E-state index is 12.2. The van der Waals surface area contributed by atoms with Gasteiger partial charge in [-0.3, -0.25) is 4.79 Å². The Hall–Kier alpha value is -0.960. The molecular weight excluding hydrogens is 254 g/mol. The first-order chi connectivity index (χ1) is 9.04. The number of aryl methyl sites for hydroxylation is 1. The number of hydrogen-bond acceptors (Lipinski definition) is 2. The van der Waals surface area contributed by atoms with Crippen LogP contribution in [0.4, 0.5) is 0 Å². The zero-order chi connectivity index (χ0) is 14.3. The Morgan fingerprint density at radius 2 is 2.05 bits per heavy atom. The fourth-order valence-corrected chi connectivity index (χ4v) is 2.31. The van der Waals surface area contributed by atoms with Gasteiger partial charge in [0.05, 0.1) is 0 Å². The minimum absolute atomic E-state index is 0.0105. The van der Waals surface area contributed by atoms with Crippen LogP contribution in [0.25, 0.3) is 0 Å². The van der Waals surface area contributed by atoms with Gasteiger partial charge in [-0.15, -0.1) is 12.6 Å². The zero-order valence-electron chi connectivity index (χ0n) is 12.2. The van der Waals surface area contributed by atoms with E-state index in [0.717, 1.165) is 22.4 Å². The second kappa shape index (κ2) is 8.26. The highest BCUT2D eigenvalue weighted by atomic mass is 32.1. The fourth-order valence-electron chi connectivity index (χ4n) is 2.11. The van der Waals surface area contributed by atoms with Crippen molar-refractivity contribution in [3.63, 3.8) is 0 Å². The summed E-state index contributed by atoms with van der Waals surface area (Å²) in [7, 11) is 0. The summed E-state index contributed by atoms with van der Waals surface area (Å²) in [4.78, 5) is 13.0. The number of carbonyl (C=O) groups is 1. The average molecular weight is 279 g/mol. The summed E-state index contributed by atoms with van der Waals surface area (Å²) in [5.74, 6) is 0.0105. The van der Waals surface area contributed by atoms with Gasteiger partial charge in [0, 0.05) is 16.5 Å². The Labute approximate surface area is 122 Å². The van der Waals surface area contributed by atoms with Crippen LogP contribution in [0.15, 0.2) is 23.1 Å². The molecule has 1 amide bonds. The summed E-state index contributed by atoms with van der Waals surface area (Å²) < 4.78 is 0. The number of amides is 1. The molecule has 0 heterocycles. The molecule has 19 heavy (non-hydrogen) atoms. The average Bonchev–Trinajstić information content (AvgIpc) is 2.37. The molecule has 1 atom stereocenters. The second-order valence-corrected chi connectivity index (χ2v) is 5.74. The molecule has 106 valence electrons. The van der Waals surface area contributed by atoms with Crippen molar-refractivity contribution in [2.75, 3.05) is 0 Å². The van der Waals surface area contributed by atoms with E-state index in [0.29, 0.717) is 0 Å². The summed E-state index contributed by atoms with van der Waals surface area (Å²) in [5, 5.41) is 3.07. The van der Waals surface area contributed by atoms with E-state index in [1.807, 2.05) is 25.1 Å². The summed E-state index contributed by atoms with van der Waals surface area (Å²) >= 11 is 4.29. The number of rotatable bonds is 7. The van der Waals surface area contributed by atoms with Crippen LogP contribution in [-0.2, 0) is 0 Å². The molecule has 0 saturated heterocycles. The lowest BCUT2D eigenvalue weighted by Crippen LogP contribution is -2.32. The topological polar surface area (TPSA) is 29.1 Å². The number of hydrogen-bond donors (Lipinski definition) is 2. The third-order valence-electron chi connectivity index (χ3n) is 3.33. The molecule has 1 aromatic rings. The summed E-state index contributed by atoms with van der Waals surface area (Å²) in [5.41, 5.74) is 1.72. The van der Waals surface area contributed by atoms with Crippen molar-refractivity contribution < 1.29 is 4.79 Å². The molecule has 0 aliphatic heterocycles. The van der Waals surface area contributed by atoms with Crippen LogP contribution in [0.1, 0.15) is 61.9 Å². The molecular formula is C16H25NOS. The lowest BCUT2D eigenvalue weighted by atomic mass is 10.1. The predicted molar refractivity (Wildman–Crippen MR) is 84.1 cm³/mol. The van der Waals surface area contributed by atoms with Crippen molar-refractivity contribution in [2.45, 2.75) is 63.8 Å². The molecule has 0 bridgehead atoms. The van der Waals surface area contributed by atoms with Gasteiger partial charge in [0.25, 0.3) is 5.91 Å². The zero-order valence-corrected chi connectivity index (χ0v) is 13.1. The van der Waals surface area contributed by atoms with E-state index >= 15 is 0 Å². The third-order valence-corrected chi connectivity index (χ3v) is 3.61. The molecule has 1 aromatic carbocycles. The van der Waals surface area contributed by atoms with Crippen LogP contribution >= 0.6 is 12.6 Å². The minimum atomic E-state index is 0.0105. The van der Waals surface area contributed by atoms with Crippen LogP contribution in [0.2, 0.25) is 0 Å². The predicted octanol–water partition coefficient (Wildman–Crippen LogP) is 4.37. The molecule has 0 aliphatic rings. The number of nitrogens with one attached hydrogen (secondary N) is 1. The van der Waals surface area contributed by atoms with Crippen molar-refractivity contribution in [3.8, 4) is 0 Å². The highest BCUT2D eigenvalue weighted by molar-refractivity contribution is 7.80. The number of carbonyl (C=O) groups excluding carboxylic acids is 1. The van der Waals surface area contributed by atoms with Crippen molar-refractivity contribution in [1.82, 2.24) is 5.32 Å². The lowest BCUT2D eigenvalue weighted by molar-refractivity contribution is 0.0937. The van der Waals surface area contributed by atoms with Crippen molar-refractivity contribution in [1.29, 1.82) is 0 Å². The summed E-state index contributed by atoms with van der Waals surface area (Å²) in [6.45, 7) is 6.23. The largest absolute Gasteiger partial charge is 0.350 e. The van der Waals surface area contributed by atoms with Crippen LogP contribution in [0, 0.1) is 6.92 Å². The SMILES string of the molecule is CCCCCCC(C)NC(=O)c1cc(S)ccc1C. The van der Waals surface area contributed by atoms with E-state index in [9.17, 15) is 4.79 Å². The molecule has 0 aromatic heterocycles. The van der Waals surface area contributed by atoms with Crippen LogP contribution in [-0.4, -0.2) is 11.9 Å². The molecule has 3 heteroatoms. The molecule has 1 rings (SSSR count). The van der Waals surface area contributed by atoms with Crippen LogP contribution in [0.5, 0.6) is 0 Å². The molecule has 0 saturated carbocycles. The molecule has 2 nitrogen and oxygen atoms in total. The Kier molecular flexibility index (Phi) is 7.00. The Balaban J connectivity index is 2.47. The van der Waals surface area contributed by atoms with Gasteiger partial charge in [0.1, 0.15) is 0 Å². The van der Waals surface area contributed by atoms with Crippen LogP contribution < -0.4 is 5.32 Å². The van der Waals surface area contributed by atoms with E-state index in [1.54, 1.807) is 0 Å². The third kappa shape index (κ3) is 5.68. The Morgan fingerprint density at radius 3 is 2.74 bits per heavy atom. The van der Waals surface area contributed by atoms with Gasteiger partial charge in [-0.25, -0.2) is 0 Å². The van der Waals surface area contributed by atoms with Gasteiger partial charge in [0.15, 0.2) is 0 Å². The molecule has 0 aliphatic carbocycles. The Bertz CT molecular complexity index is 417. The highest BCUT2D eigenvalue weighted by Gasteiger charge is 2.12. The van der Waals surface area contributed by atoms with E-state index in [1.165, 1.54) is 25.7 Å². The van der Waals surface area contributed by atoms with Crippen LogP contribution in [0.3, 0.4) is 0 Å². The smallest absolute Gasteiger partial charge is 0.251 e. The maximum Gasteiger partial charge on any atom is 0.251 e. The molecule has 0 radical (unpaired) electrons. The first-order valence-electron chi connectivity index (χ1n) is 7.15. The fraction of sp³-hybridized carbons (Fsp3) is 0.562.